The maximum atomic E-state index is 7.45. The summed E-state index contributed by atoms with van der Waals surface area (Å²) in [6.45, 7) is 0. The van der Waals surface area contributed by atoms with Gasteiger partial charge in [-0.1, -0.05) is 0 Å². The molecule has 2 rings (SSSR count). The third-order valence-corrected chi connectivity index (χ3v) is 1.98. The van der Waals surface area contributed by atoms with Gasteiger partial charge in [0.05, 0.1) is 12.8 Å². The Bertz CT molecular complexity index is 463. The molecule has 76 valence electrons. The van der Waals surface area contributed by atoms with Gasteiger partial charge in [0.25, 0.3) is 0 Å². The summed E-state index contributed by atoms with van der Waals surface area (Å²) in [6.07, 6.45) is 3.42. The summed E-state index contributed by atoms with van der Waals surface area (Å²) >= 11 is 0. The Kier molecular flexibility index (Phi) is 2.45. The molecule has 0 spiro atoms. The zero-order valence-corrected chi connectivity index (χ0v) is 8.19. The van der Waals surface area contributed by atoms with Crippen LogP contribution < -0.4 is 0 Å². The summed E-state index contributed by atoms with van der Waals surface area (Å²) in [5.74, 6) is 0.0673. The average molecular weight is 202 g/mol. The van der Waals surface area contributed by atoms with Crippen LogP contribution in [0, 0.1) is 5.41 Å². The second-order valence-electron chi connectivity index (χ2n) is 2.94. The number of hydrogen-bond acceptors (Lipinski definition) is 4. The van der Waals surface area contributed by atoms with Crippen molar-refractivity contribution in [2.45, 2.75) is 0 Å². The second kappa shape index (κ2) is 3.91. The maximum absolute atomic E-state index is 7.45. The smallest absolute Gasteiger partial charge is 0.231 e. The molecule has 0 atom stereocenters. The third-order valence-electron chi connectivity index (χ3n) is 1.98. The molecule has 0 aliphatic rings. The molecule has 5 heteroatoms. The molecular formula is C10H10N4O. The van der Waals surface area contributed by atoms with Crippen LogP contribution in [0.2, 0.25) is 0 Å². The minimum Gasteiger partial charge on any atom is -0.480 e. The van der Waals surface area contributed by atoms with E-state index in [-0.39, 0.29) is 5.90 Å². The van der Waals surface area contributed by atoms with Crippen molar-refractivity contribution in [2.24, 2.45) is 0 Å². The lowest BCUT2D eigenvalue weighted by molar-refractivity contribution is 0.399. The van der Waals surface area contributed by atoms with Crippen LogP contribution in [0.1, 0.15) is 5.69 Å². The van der Waals surface area contributed by atoms with Crippen LogP contribution in [0.4, 0.5) is 0 Å². The normalized spacial score (nSPS) is 9.93. The Morgan fingerprint density at radius 1 is 1.53 bits per heavy atom. The van der Waals surface area contributed by atoms with E-state index in [2.05, 4.69) is 15.2 Å². The largest absolute Gasteiger partial charge is 0.480 e. The molecule has 0 fully saturated rings. The van der Waals surface area contributed by atoms with E-state index in [0.29, 0.717) is 5.69 Å². The first-order valence-electron chi connectivity index (χ1n) is 4.40. The number of aromatic nitrogens is 3. The van der Waals surface area contributed by atoms with E-state index in [0.717, 1.165) is 11.3 Å². The summed E-state index contributed by atoms with van der Waals surface area (Å²) in [5.41, 5.74) is 2.21. The molecule has 0 amide bonds. The van der Waals surface area contributed by atoms with Gasteiger partial charge in [-0.2, -0.15) is 5.10 Å². The Balaban J connectivity index is 2.32. The van der Waals surface area contributed by atoms with Crippen LogP contribution in [0.15, 0.2) is 30.6 Å². The summed E-state index contributed by atoms with van der Waals surface area (Å²) in [5, 5.41) is 14.2. The van der Waals surface area contributed by atoms with Crippen LogP contribution >= 0.6 is 0 Å². The Hall–Kier alpha value is -2.17. The Morgan fingerprint density at radius 2 is 2.40 bits per heavy atom. The minimum absolute atomic E-state index is 0.0673. The highest BCUT2D eigenvalue weighted by atomic mass is 16.5. The summed E-state index contributed by atoms with van der Waals surface area (Å²) in [7, 11) is 1.45. The van der Waals surface area contributed by atoms with E-state index in [1.807, 2.05) is 12.1 Å². The lowest BCUT2D eigenvalue weighted by Gasteiger charge is -1.95. The molecule has 15 heavy (non-hydrogen) atoms. The Morgan fingerprint density at radius 3 is 3.07 bits per heavy atom. The fourth-order valence-electron chi connectivity index (χ4n) is 1.21. The van der Waals surface area contributed by atoms with Gasteiger partial charge in [0.15, 0.2) is 0 Å². The third kappa shape index (κ3) is 1.85. The molecule has 0 aliphatic carbocycles. The highest BCUT2D eigenvalue weighted by Crippen LogP contribution is 2.15. The minimum atomic E-state index is 0.0673. The van der Waals surface area contributed by atoms with Crippen molar-refractivity contribution in [3.63, 3.8) is 0 Å². The van der Waals surface area contributed by atoms with Crippen molar-refractivity contribution in [3.8, 4) is 11.3 Å². The van der Waals surface area contributed by atoms with E-state index < -0.39 is 0 Å². The van der Waals surface area contributed by atoms with Crippen molar-refractivity contribution in [3.05, 3.63) is 36.3 Å². The molecule has 2 aromatic rings. The van der Waals surface area contributed by atoms with Crippen molar-refractivity contribution < 1.29 is 4.74 Å². The average Bonchev–Trinajstić information content (AvgIpc) is 2.78. The van der Waals surface area contributed by atoms with E-state index >= 15 is 0 Å². The lowest BCUT2D eigenvalue weighted by Crippen LogP contribution is -2.00. The van der Waals surface area contributed by atoms with Crippen molar-refractivity contribution in [1.29, 1.82) is 5.41 Å². The topological polar surface area (TPSA) is 74.7 Å². The number of nitrogens with one attached hydrogen (secondary N) is 2. The monoisotopic (exact) mass is 202 g/mol. The molecule has 0 aromatic carbocycles. The number of aromatic amines is 1. The number of pyridine rings is 1. The first kappa shape index (κ1) is 9.39. The number of methoxy groups -OCH3 is 1. The van der Waals surface area contributed by atoms with Crippen molar-refractivity contribution >= 4 is 5.90 Å². The predicted octanol–water partition coefficient (Wildman–Crippen LogP) is 1.44. The molecule has 0 radical (unpaired) electrons. The number of H-pyrrole nitrogens is 1. The van der Waals surface area contributed by atoms with Gasteiger partial charge >= 0.3 is 0 Å². The fourth-order valence-corrected chi connectivity index (χ4v) is 1.21. The summed E-state index contributed by atoms with van der Waals surface area (Å²) in [6, 6.07) is 5.50. The molecule has 2 aromatic heterocycles. The van der Waals surface area contributed by atoms with Crippen LogP contribution in [0.5, 0.6) is 0 Å². The second-order valence-corrected chi connectivity index (χ2v) is 2.94. The quantitative estimate of drug-likeness (QED) is 0.571. The fraction of sp³-hybridized carbons (Fsp3) is 0.100. The zero-order valence-electron chi connectivity index (χ0n) is 8.19. The van der Waals surface area contributed by atoms with Gasteiger partial charge in [-0.05, 0) is 18.2 Å². The van der Waals surface area contributed by atoms with Crippen LogP contribution in [0.3, 0.4) is 0 Å². The highest BCUT2D eigenvalue weighted by molar-refractivity contribution is 5.90. The highest BCUT2D eigenvalue weighted by Gasteiger charge is 2.07. The van der Waals surface area contributed by atoms with Gasteiger partial charge in [-0.15, -0.1) is 0 Å². The molecule has 2 heterocycles. The SMILES string of the molecule is COC(=N)c1cc(-c2cccnc2)n[nH]1. The van der Waals surface area contributed by atoms with Gasteiger partial charge in [-0.25, -0.2) is 0 Å². The molecule has 2 N–H and O–H groups in total. The first-order valence-corrected chi connectivity index (χ1v) is 4.40. The number of nitrogens with zero attached hydrogens (tertiary/aromatic N) is 2. The molecule has 0 saturated carbocycles. The Labute approximate surface area is 86.6 Å². The van der Waals surface area contributed by atoms with Gasteiger partial charge in [0, 0.05) is 18.0 Å². The van der Waals surface area contributed by atoms with E-state index in [4.69, 9.17) is 10.1 Å². The molecule has 5 nitrogen and oxygen atoms in total. The van der Waals surface area contributed by atoms with E-state index in [1.165, 1.54) is 7.11 Å². The van der Waals surface area contributed by atoms with Crippen LogP contribution in [0.25, 0.3) is 11.3 Å². The van der Waals surface area contributed by atoms with Crippen molar-refractivity contribution in [2.75, 3.05) is 7.11 Å². The van der Waals surface area contributed by atoms with Gasteiger partial charge in [-0.3, -0.25) is 15.5 Å². The number of rotatable bonds is 2. The van der Waals surface area contributed by atoms with Crippen LogP contribution in [-0.4, -0.2) is 28.2 Å². The van der Waals surface area contributed by atoms with E-state index in [1.54, 1.807) is 18.5 Å². The van der Waals surface area contributed by atoms with Gasteiger partial charge < -0.3 is 4.74 Å². The van der Waals surface area contributed by atoms with E-state index in [9.17, 15) is 0 Å². The van der Waals surface area contributed by atoms with Gasteiger partial charge in [0.1, 0.15) is 5.69 Å². The molecule has 0 bridgehead atoms. The predicted molar refractivity (Wildman–Crippen MR) is 55.7 cm³/mol. The molecule has 0 aliphatic heterocycles. The van der Waals surface area contributed by atoms with Crippen molar-refractivity contribution in [1.82, 2.24) is 15.2 Å². The standard InChI is InChI=1S/C10H10N4O/c1-15-10(11)9-5-8(13-14-9)7-3-2-4-12-6-7/h2-6,11H,1H3,(H,13,14). The number of ether oxygens (including phenoxy) is 1. The summed E-state index contributed by atoms with van der Waals surface area (Å²) < 4.78 is 4.78. The van der Waals surface area contributed by atoms with Crippen LogP contribution in [-0.2, 0) is 4.74 Å². The lowest BCUT2D eigenvalue weighted by atomic mass is 10.2. The molecular weight excluding hydrogens is 192 g/mol. The number of hydrogen-bond donors (Lipinski definition) is 2. The zero-order chi connectivity index (χ0) is 10.7. The summed E-state index contributed by atoms with van der Waals surface area (Å²) in [4.78, 5) is 4.00. The maximum Gasteiger partial charge on any atom is 0.231 e. The first-order chi connectivity index (χ1) is 7.31. The molecule has 0 saturated heterocycles. The molecule has 0 unspecified atom stereocenters. The van der Waals surface area contributed by atoms with Gasteiger partial charge in [0.2, 0.25) is 5.90 Å².